The van der Waals surface area contributed by atoms with Crippen molar-refractivity contribution in [2.45, 2.75) is 32.2 Å². The van der Waals surface area contributed by atoms with E-state index in [9.17, 15) is 8.42 Å². The van der Waals surface area contributed by atoms with Gasteiger partial charge >= 0.3 is 0 Å². The van der Waals surface area contributed by atoms with Crippen LogP contribution >= 0.6 is 11.3 Å². The highest BCUT2D eigenvalue weighted by Crippen LogP contribution is 2.17. The maximum absolute atomic E-state index is 12.1. The van der Waals surface area contributed by atoms with E-state index < -0.39 is 10.0 Å². The molecule has 0 amide bonds. The second-order valence-electron chi connectivity index (χ2n) is 4.82. The van der Waals surface area contributed by atoms with Gasteiger partial charge in [-0.05, 0) is 34.6 Å². The molecule has 0 fully saturated rings. The highest BCUT2D eigenvalue weighted by molar-refractivity contribution is 7.88. The van der Waals surface area contributed by atoms with E-state index in [4.69, 9.17) is 5.73 Å². The van der Waals surface area contributed by atoms with Crippen molar-refractivity contribution in [1.29, 1.82) is 0 Å². The Bertz CT molecular complexity index is 676. The van der Waals surface area contributed by atoms with E-state index in [1.165, 1.54) is 5.56 Å². The minimum absolute atomic E-state index is 0.00924. The molecule has 2 aromatic rings. The largest absolute Gasteiger partial charge is 0.326 e. The molecule has 0 atom stereocenters. The number of rotatable bonds is 7. The van der Waals surface area contributed by atoms with E-state index >= 15 is 0 Å². The molecule has 0 spiro atoms. The van der Waals surface area contributed by atoms with Gasteiger partial charge in [0.2, 0.25) is 10.0 Å². The van der Waals surface area contributed by atoms with E-state index in [0.29, 0.717) is 13.1 Å². The molecule has 0 saturated carbocycles. The van der Waals surface area contributed by atoms with E-state index in [-0.39, 0.29) is 5.75 Å². The zero-order chi connectivity index (χ0) is 15.3. The number of hydrogen-bond acceptors (Lipinski definition) is 4. The second-order valence-corrected chi connectivity index (χ2v) is 7.63. The van der Waals surface area contributed by atoms with Crippen molar-refractivity contribution in [3.8, 4) is 0 Å². The molecule has 0 aliphatic heterocycles. The average molecular weight is 324 g/mol. The maximum atomic E-state index is 12.1. The van der Waals surface area contributed by atoms with Gasteiger partial charge in [-0.2, -0.15) is 0 Å². The lowest BCUT2D eigenvalue weighted by Crippen LogP contribution is -2.24. The predicted octanol–water partition coefficient (Wildman–Crippen LogP) is 2.39. The van der Waals surface area contributed by atoms with Crippen molar-refractivity contribution < 1.29 is 8.42 Å². The van der Waals surface area contributed by atoms with Crippen molar-refractivity contribution in [1.82, 2.24) is 4.72 Å². The highest BCUT2D eigenvalue weighted by atomic mass is 32.2. The zero-order valence-electron chi connectivity index (χ0n) is 12.0. The first-order valence-electron chi connectivity index (χ1n) is 6.84. The number of thiophene rings is 1. The average Bonchev–Trinajstić information content (AvgIpc) is 2.93. The van der Waals surface area contributed by atoms with Crippen LogP contribution in [-0.4, -0.2) is 8.42 Å². The first-order chi connectivity index (χ1) is 10.0. The molecule has 4 nitrogen and oxygen atoms in total. The fourth-order valence-corrected chi connectivity index (χ4v) is 4.16. The monoisotopic (exact) mass is 324 g/mol. The topological polar surface area (TPSA) is 72.2 Å². The molecule has 21 heavy (non-hydrogen) atoms. The molecule has 0 radical (unpaired) electrons. The molecule has 0 unspecified atom stereocenters. The third-order valence-electron chi connectivity index (χ3n) is 3.29. The summed E-state index contributed by atoms with van der Waals surface area (Å²) in [5.41, 5.74) is 8.49. The van der Waals surface area contributed by atoms with Crippen molar-refractivity contribution in [2.24, 2.45) is 5.73 Å². The molecular weight excluding hydrogens is 304 g/mol. The first-order valence-corrected chi connectivity index (χ1v) is 9.37. The van der Waals surface area contributed by atoms with E-state index in [2.05, 4.69) is 11.6 Å². The summed E-state index contributed by atoms with van der Waals surface area (Å²) >= 11 is 1.59. The van der Waals surface area contributed by atoms with Crippen LogP contribution in [0.15, 0.2) is 35.7 Å². The van der Waals surface area contributed by atoms with E-state index in [1.807, 2.05) is 35.7 Å². The summed E-state index contributed by atoms with van der Waals surface area (Å²) in [6.07, 6.45) is 0.918. The van der Waals surface area contributed by atoms with Crippen molar-refractivity contribution in [3.05, 3.63) is 57.3 Å². The van der Waals surface area contributed by atoms with Gasteiger partial charge in [0.15, 0.2) is 0 Å². The van der Waals surface area contributed by atoms with Crippen molar-refractivity contribution in [3.63, 3.8) is 0 Å². The minimum Gasteiger partial charge on any atom is -0.326 e. The van der Waals surface area contributed by atoms with Gasteiger partial charge < -0.3 is 5.73 Å². The summed E-state index contributed by atoms with van der Waals surface area (Å²) < 4.78 is 26.9. The minimum atomic E-state index is -3.33. The fourth-order valence-electron chi connectivity index (χ4n) is 2.05. The van der Waals surface area contributed by atoms with Crippen LogP contribution in [0.5, 0.6) is 0 Å². The van der Waals surface area contributed by atoms with Crippen LogP contribution < -0.4 is 10.5 Å². The van der Waals surface area contributed by atoms with Crippen molar-refractivity contribution in [2.75, 3.05) is 0 Å². The molecule has 0 saturated heterocycles. The summed E-state index contributed by atoms with van der Waals surface area (Å²) in [6, 6.07) is 9.38. The summed E-state index contributed by atoms with van der Waals surface area (Å²) in [6.45, 7) is 2.90. The molecular formula is C15H20N2O2S2. The molecule has 1 heterocycles. The van der Waals surface area contributed by atoms with Crippen LogP contribution in [-0.2, 0) is 35.3 Å². The quantitative estimate of drug-likeness (QED) is 0.821. The lowest BCUT2D eigenvalue weighted by atomic mass is 10.1. The van der Waals surface area contributed by atoms with Gasteiger partial charge in [-0.25, -0.2) is 13.1 Å². The van der Waals surface area contributed by atoms with Crippen LogP contribution in [0.1, 0.15) is 28.5 Å². The van der Waals surface area contributed by atoms with Gasteiger partial charge in [0, 0.05) is 18.0 Å². The molecule has 114 valence electrons. The molecule has 0 bridgehead atoms. The van der Waals surface area contributed by atoms with Crippen LogP contribution in [0.3, 0.4) is 0 Å². The predicted molar refractivity (Wildman–Crippen MR) is 87.5 cm³/mol. The number of benzene rings is 1. The number of sulfonamides is 1. The summed E-state index contributed by atoms with van der Waals surface area (Å²) in [5.74, 6) is -0.00924. The van der Waals surface area contributed by atoms with Crippen molar-refractivity contribution >= 4 is 21.4 Å². The van der Waals surface area contributed by atoms with Gasteiger partial charge in [0.25, 0.3) is 0 Å². The SMILES string of the molecule is CCc1ccsc1CNS(=O)(=O)Cc1ccc(CN)cc1. The molecule has 0 aliphatic carbocycles. The Morgan fingerprint density at radius 2 is 1.81 bits per heavy atom. The number of hydrogen-bond donors (Lipinski definition) is 2. The van der Waals surface area contributed by atoms with Crippen LogP contribution in [0.4, 0.5) is 0 Å². The van der Waals surface area contributed by atoms with Gasteiger partial charge in [-0.15, -0.1) is 11.3 Å². The third kappa shape index (κ3) is 4.64. The van der Waals surface area contributed by atoms with Gasteiger partial charge in [0.05, 0.1) is 5.75 Å². The van der Waals surface area contributed by atoms with E-state index in [0.717, 1.165) is 22.4 Å². The second kappa shape index (κ2) is 7.17. The van der Waals surface area contributed by atoms with Crippen LogP contribution in [0.2, 0.25) is 0 Å². The Labute approximate surface area is 130 Å². The number of nitrogens with two attached hydrogens (primary N) is 1. The Kier molecular flexibility index (Phi) is 5.52. The van der Waals surface area contributed by atoms with Gasteiger partial charge in [-0.1, -0.05) is 31.2 Å². The Morgan fingerprint density at radius 1 is 1.14 bits per heavy atom. The Morgan fingerprint density at radius 3 is 2.43 bits per heavy atom. The number of nitrogens with one attached hydrogen (secondary N) is 1. The lowest BCUT2D eigenvalue weighted by molar-refractivity contribution is 0.580. The fraction of sp³-hybridized carbons (Fsp3) is 0.333. The first kappa shape index (κ1) is 16.2. The molecule has 1 aromatic carbocycles. The highest BCUT2D eigenvalue weighted by Gasteiger charge is 2.13. The summed E-state index contributed by atoms with van der Waals surface area (Å²) in [4.78, 5) is 1.08. The zero-order valence-corrected chi connectivity index (χ0v) is 13.6. The third-order valence-corrected chi connectivity index (χ3v) is 5.55. The Hall–Kier alpha value is -1.21. The molecule has 1 aromatic heterocycles. The van der Waals surface area contributed by atoms with Gasteiger partial charge in [0.1, 0.15) is 0 Å². The lowest BCUT2D eigenvalue weighted by Gasteiger charge is -2.07. The number of aryl methyl sites for hydroxylation is 1. The van der Waals surface area contributed by atoms with Gasteiger partial charge in [-0.3, -0.25) is 0 Å². The summed E-state index contributed by atoms with van der Waals surface area (Å²) in [5, 5.41) is 1.99. The normalized spacial score (nSPS) is 11.7. The standard InChI is InChI=1S/C15H20N2O2S2/c1-2-14-7-8-20-15(14)10-17-21(18,19)11-13-5-3-12(9-16)4-6-13/h3-8,17H,2,9-11,16H2,1H3. The van der Waals surface area contributed by atoms with Crippen LogP contribution in [0.25, 0.3) is 0 Å². The molecule has 2 rings (SSSR count). The maximum Gasteiger partial charge on any atom is 0.216 e. The summed E-state index contributed by atoms with van der Waals surface area (Å²) in [7, 11) is -3.33. The smallest absolute Gasteiger partial charge is 0.216 e. The molecule has 3 N–H and O–H groups in total. The van der Waals surface area contributed by atoms with E-state index in [1.54, 1.807) is 11.3 Å². The van der Waals surface area contributed by atoms with Crippen LogP contribution in [0, 0.1) is 0 Å². The molecule has 6 heteroatoms. The molecule has 0 aliphatic rings. The Balaban J connectivity index is 1.98.